The Morgan fingerprint density at radius 3 is 2.67 bits per heavy atom. The summed E-state index contributed by atoms with van der Waals surface area (Å²) in [6.07, 6.45) is 3.02. The fraction of sp³-hybridized carbons (Fsp3) is 0. The van der Waals surface area contributed by atoms with Gasteiger partial charge in [0.05, 0.1) is 0 Å². The molecule has 1 aromatic heterocycles. The zero-order valence-corrected chi connectivity index (χ0v) is 10.3. The second kappa shape index (κ2) is 4.00. The summed E-state index contributed by atoms with van der Waals surface area (Å²) in [5.74, 6) is 0. The number of halogens is 1. The quantitative estimate of drug-likeness (QED) is 0.651. The molecule has 0 atom stereocenters. The Labute approximate surface area is 109 Å². The van der Waals surface area contributed by atoms with Crippen LogP contribution in [-0.4, -0.2) is 6.21 Å². The molecule has 3 rings (SSSR count). The summed E-state index contributed by atoms with van der Waals surface area (Å²) in [6.45, 7) is 3.75. The Kier molecular flexibility index (Phi) is 2.46. The monoisotopic (exact) mass is 255 g/mol. The first-order valence-corrected chi connectivity index (χ1v) is 5.90. The molecule has 3 aromatic rings. The minimum atomic E-state index is 0.641. The second-order valence-corrected chi connectivity index (χ2v) is 4.47. The summed E-state index contributed by atoms with van der Waals surface area (Å²) < 4.78 is 5.81. The van der Waals surface area contributed by atoms with E-state index in [9.17, 15) is 0 Å². The van der Waals surface area contributed by atoms with Crippen molar-refractivity contribution in [1.29, 1.82) is 5.41 Å². The van der Waals surface area contributed by atoms with Gasteiger partial charge in [-0.3, -0.25) is 0 Å². The van der Waals surface area contributed by atoms with E-state index in [2.05, 4.69) is 6.58 Å². The van der Waals surface area contributed by atoms with E-state index in [0.717, 1.165) is 27.5 Å². The standard InChI is InChI=1S/C15H10ClNO/c1-2-9-3-5-12-11-6-4-10(16)7-14(11)18-15(12)13(9)8-17/h2-8,17H,1H2. The third-order valence-corrected chi connectivity index (χ3v) is 3.28. The van der Waals surface area contributed by atoms with Gasteiger partial charge in [0.25, 0.3) is 0 Å². The lowest BCUT2D eigenvalue weighted by atomic mass is 10.0. The highest BCUT2D eigenvalue weighted by Gasteiger charge is 2.12. The molecule has 0 radical (unpaired) electrons. The molecule has 18 heavy (non-hydrogen) atoms. The zero-order valence-electron chi connectivity index (χ0n) is 9.53. The molecule has 2 nitrogen and oxygen atoms in total. The van der Waals surface area contributed by atoms with E-state index in [-0.39, 0.29) is 0 Å². The van der Waals surface area contributed by atoms with Crippen molar-refractivity contribution in [3.05, 3.63) is 53.1 Å². The number of fused-ring (bicyclic) bond motifs is 3. The number of benzene rings is 2. The lowest BCUT2D eigenvalue weighted by Crippen LogP contribution is -1.86. The first-order chi connectivity index (χ1) is 8.74. The van der Waals surface area contributed by atoms with E-state index < -0.39 is 0 Å². The summed E-state index contributed by atoms with van der Waals surface area (Å²) >= 11 is 5.96. The molecule has 0 saturated carbocycles. The zero-order chi connectivity index (χ0) is 12.7. The van der Waals surface area contributed by atoms with Crippen LogP contribution in [0.25, 0.3) is 28.0 Å². The summed E-state index contributed by atoms with van der Waals surface area (Å²) in [5, 5.41) is 10.2. The minimum absolute atomic E-state index is 0.641. The van der Waals surface area contributed by atoms with Crippen molar-refractivity contribution in [1.82, 2.24) is 0 Å². The molecule has 1 N–H and O–H groups in total. The first-order valence-electron chi connectivity index (χ1n) is 5.52. The van der Waals surface area contributed by atoms with E-state index in [0.29, 0.717) is 10.6 Å². The molecule has 0 aliphatic heterocycles. The molecule has 0 amide bonds. The fourth-order valence-corrected chi connectivity index (χ4v) is 2.34. The number of nitrogens with one attached hydrogen (secondary N) is 1. The number of rotatable bonds is 2. The van der Waals surface area contributed by atoms with Crippen LogP contribution < -0.4 is 0 Å². The van der Waals surface area contributed by atoms with Gasteiger partial charge in [-0.2, -0.15) is 0 Å². The SMILES string of the molecule is C=Cc1ccc2c(oc3cc(Cl)ccc32)c1C=N. The predicted molar refractivity (Wildman–Crippen MR) is 76.7 cm³/mol. The molecule has 0 unspecified atom stereocenters. The Balaban J connectivity index is 2.52. The van der Waals surface area contributed by atoms with Crippen LogP contribution in [0.1, 0.15) is 11.1 Å². The first kappa shape index (κ1) is 11.1. The van der Waals surface area contributed by atoms with Crippen LogP contribution >= 0.6 is 11.6 Å². The van der Waals surface area contributed by atoms with E-state index >= 15 is 0 Å². The molecule has 0 aliphatic carbocycles. The van der Waals surface area contributed by atoms with E-state index in [1.54, 1.807) is 12.1 Å². The highest BCUT2D eigenvalue weighted by molar-refractivity contribution is 6.31. The van der Waals surface area contributed by atoms with Gasteiger partial charge in [0.15, 0.2) is 0 Å². The van der Waals surface area contributed by atoms with Crippen LogP contribution in [-0.2, 0) is 0 Å². The molecule has 0 fully saturated rings. The Morgan fingerprint density at radius 2 is 1.94 bits per heavy atom. The van der Waals surface area contributed by atoms with Crippen LogP contribution in [0.5, 0.6) is 0 Å². The van der Waals surface area contributed by atoms with Crippen molar-refractivity contribution in [3.8, 4) is 0 Å². The Morgan fingerprint density at radius 1 is 1.17 bits per heavy atom. The summed E-state index contributed by atoms with van der Waals surface area (Å²) in [4.78, 5) is 0. The van der Waals surface area contributed by atoms with Crippen LogP contribution in [0.4, 0.5) is 0 Å². The van der Waals surface area contributed by atoms with Crippen LogP contribution in [0.3, 0.4) is 0 Å². The number of hydrogen-bond donors (Lipinski definition) is 1. The maximum Gasteiger partial charge on any atom is 0.144 e. The van der Waals surface area contributed by atoms with Crippen molar-refractivity contribution in [2.24, 2.45) is 0 Å². The molecular weight excluding hydrogens is 246 g/mol. The largest absolute Gasteiger partial charge is 0.455 e. The van der Waals surface area contributed by atoms with Gasteiger partial charge in [0, 0.05) is 33.6 Å². The van der Waals surface area contributed by atoms with Crippen LogP contribution in [0, 0.1) is 5.41 Å². The average molecular weight is 256 g/mol. The van der Waals surface area contributed by atoms with Gasteiger partial charge in [0.2, 0.25) is 0 Å². The number of hydrogen-bond acceptors (Lipinski definition) is 2. The van der Waals surface area contributed by atoms with Gasteiger partial charge < -0.3 is 9.83 Å². The van der Waals surface area contributed by atoms with Gasteiger partial charge in [-0.25, -0.2) is 0 Å². The van der Waals surface area contributed by atoms with Gasteiger partial charge in [0.1, 0.15) is 11.2 Å². The van der Waals surface area contributed by atoms with Crippen LogP contribution in [0.2, 0.25) is 5.02 Å². The van der Waals surface area contributed by atoms with E-state index in [4.69, 9.17) is 21.4 Å². The summed E-state index contributed by atoms with van der Waals surface area (Å²) in [7, 11) is 0. The highest BCUT2D eigenvalue weighted by atomic mass is 35.5. The van der Waals surface area contributed by atoms with Crippen molar-refractivity contribution >= 4 is 45.8 Å². The molecule has 2 aromatic carbocycles. The Bertz CT molecular complexity index is 786. The van der Waals surface area contributed by atoms with Crippen molar-refractivity contribution < 1.29 is 4.42 Å². The van der Waals surface area contributed by atoms with E-state index in [1.165, 1.54) is 6.21 Å². The lowest BCUT2D eigenvalue weighted by molar-refractivity contribution is 0.668. The highest BCUT2D eigenvalue weighted by Crippen LogP contribution is 2.33. The molecule has 88 valence electrons. The summed E-state index contributed by atoms with van der Waals surface area (Å²) in [6, 6.07) is 9.49. The molecule has 1 heterocycles. The van der Waals surface area contributed by atoms with Crippen molar-refractivity contribution in [3.63, 3.8) is 0 Å². The molecule has 0 saturated heterocycles. The maximum absolute atomic E-state index is 7.53. The fourth-order valence-electron chi connectivity index (χ4n) is 2.18. The predicted octanol–water partition coefficient (Wildman–Crippen LogP) is 4.88. The van der Waals surface area contributed by atoms with Gasteiger partial charge in [-0.05, 0) is 23.8 Å². The average Bonchev–Trinajstić information content (AvgIpc) is 2.74. The Hall–Kier alpha value is -2.06. The van der Waals surface area contributed by atoms with Gasteiger partial charge in [-0.1, -0.05) is 30.3 Å². The van der Waals surface area contributed by atoms with Crippen LogP contribution in [0.15, 0.2) is 41.3 Å². The van der Waals surface area contributed by atoms with Gasteiger partial charge in [-0.15, -0.1) is 0 Å². The summed E-state index contributed by atoms with van der Waals surface area (Å²) in [5.41, 5.74) is 3.08. The third-order valence-electron chi connectivity index (χ3n) is 3.04. The van der Waals surface area contributed by atoms with Crippen molar-refractivity contribution in [2.45, 2.75) is 0 Å². The van der Waals surface area contributed by atoms with E-state index in [1.807, 2.05) is 24.3 Å². The smallest absolute Gasteiger partial charge is 0.144 e. The maximum atomic E-state index is 7.53. The second-order valence-electron chi connectivity index (χ2n) is 4.04. The van der Waals surface area contributed by atoms with Gasteiger partial charge >= 0.3 is 0 Å². The molecule has 0 aliphatic rings. The molecule has 0 spiro atoms. The van der Waals surface area contributed by atoms with Crippen molar-refractivity contribution in [2.75, 3.05) is 0 Å². The number of furan rings is 1. The molecular formula is C15H10ClNO. The minimum Gasteiger partial charge on any atom is -0.455 e. The normalized spacial score (nSPS) is 10.9. The molecule has 3 heteroatoms. The molecule has 0 bridgehead atoms. The lowest BCUT2D eigenvalue weighted by Gasteiger charge is -1.99. The third kappa shape index (κ3) is 1.46. The topological polar surface area (TPSA) is 37.0 Å².